The van der Waals surface area contributed by atoms with E-state index in [2.05, 4.69) is 10.2 Å². The van der Waals surface area contributed by atoms with E-state index in [1.165, 1.54) is 0 Å². The van der Waals surface area contributed by atoms with Crippen molar-refractivity contribution < 1.29 is 48.4 Å². The molecule has 0 aromatic heterocycles. The highest BCUT2D eigenvalue weighted by Gasteiger charge is 2.22. The molecule has 14 heteroatoms. The van der Waals surface area contributed by atoms with Crippen molar-refractivity contribution in [1.82, 2.24) is 5.32 Å². The Morgan fingerprint density at radius 1 is 1.04 bits per heavy atom. The highest BCUT2D eigenvalue weighted by Crippen LogP contribution is 2.08. The van der Waals surface area contributed by atoms with Crippen LogP contribution in [0.2, 0.25) is 0 Å². The third-order valence-corrected chi connectivity index (χ3v) is 3.49. The van der Waals surface area contributed by atoms with E-state index < -0.39 is 28.5 Å². The molecule has 0 spiro atoms. The van der Waals surface area contributed by atoms with Gasteiger partial charge in [0.25, 0.3) is 5.09 Å². The number of carbonyl (C=O) groups is 3. The summed E-state index contributed by atoms with van der Waals surface area (Å²) >= 11 is 0.597. The van der Waals surface area contributed by atoms with Crippen molar-refractivity contribution in [3.05, 3.63) is 10.1 Å². The smallest absolute Gasteiger partial charge is 0.407 e. The maximum atomic E-state index is 11.5. The van der Waals surface area contributed by atoms with Crippen LogP contribution in [0.1, 0.15) is 13.3 Å². The summed E-state index contributed by atoms with van der Waals surface area (Å²) in [7, 11) is 0. The summed E-state index contributed by atoms with van der Waals surface area (Å²) in [6.45, 7) is 2.17. The monoisotopic (exact) mass is 428 g/mol. The standard InChI is InChI=1S/C14H24N2O11S/c1-2-3-23-5-8-26-14(20)28-10-11(12(17)18)15-13(19)25-7-4-24-6-9-27-16(21)22/h11H,2-10H2,1H3,(H,15,19)(H,17,18). The molecule has 0 bridgehead atoms. The van der Waals surface area contributed by atoms with Gasteiger partial charge in [-0.05, 0) is 18.2 Å². The fraction of sp³-hybridized carbons (Fsp3) is 0.786. The third kappa shape index (κ3) is 15.9. The van der Waals surface area contributed by atoms with Crippen LogP contribution in [-0.2, 0) is 28.6 Å². The molecule has 2 N–H and O–H groups in total. The molecular weight excluding hydrogens is 404 g/mol. The van der Waals surface area contributed by atoms with Crippen LogP contribution in [0.15, 0.2) is 0 Å². The zero-order valence-corrected chi connectivity index (χ0v) is 16.1. The van der Waals surface area contributed by atoms with E-state index in [0.717, 1.165) is 6.42 Å². The Labute approximate surface area is 165 Å². The van der Waals surface area contributed by atoms with Crippen LogP contribution in [0.4, 0.5) is 9.59 Å². The Morgan fingerprint density at radius 3 is 2.25 bits per heavy atom. The number of rotatable bonds is 16. The fourth-order valence-electron chi connectivity index (χ4n) is 1.45. The largest absolute Gasteiger partial charge is 0.480 e. The highest BCUT2D eigenvalue weighted by molar-refractivity contribution is 8.13. The van der Waals surface area contributed by atoms with E-state index in [1.807, 2.05) is 6.92 Å². The predicted molar refractivity (Wildman–Crippen MR) is 94.6 cm³/mol. The number of thioether (sulfide) groups is 1. The number of carbonyl (C=O) groups excluding carboxylic acids is 2. The van der Waals surface area contributed by atoms with Crippen LogP contribution in [0, 0.1) is 10.1 Å². The number of nitrogens with one attached hydrogen (secondary N) is 1. The van der Waals surface area contributed by atoms with E-state index >= 15 is 0 Å². The summed E-state index contributed by atoms with van der Waals surface area (Å²) < 4.78 is 19.6. The molecule has 13 nitrogen and oxygen atoms in total. The molecule has 0 aliphatic carbocycles. The molecule has 0 heterocycles. The van der Waals surface area contributed by atoms with Gasteiger partial charge in [0.2, 0.25) is 0 Å². The lowest BCUT2D eigenvalue weighted by molar-refractivity contribution is -0.758. The molecule has 1 amide bonds. The second-order valence-corrected chi connectivity index (χ2v) is 5.82. The number of nitrogens with zero attached hydrogens (tertiary/aromatic N) is 1. The molecule has 0 aliphatic rings. The Bertz CT molecular complexity index is 492. The van der Waals surface area contributed by atoms with Crippen molar-refractivity contribution in [2.75, 3.05) is 52.0 Å². The van der Waals surface area contributed by atoms with Gasteiger partial charge in [-0.25, -0.2) is 14.4 Å². The molecule has 0 saturated heterocycles. The number of hydrogen-bond acceptors (Lipinski definition) is 11. The molecule has 0 rings (SSSR count). The summed E-state index contributed by atoms with van der Waals surface area (Å²) in [5, 5.41) is 19.4. The van der Waals surface area contributed by atoms with Crippen LogP contribution < -0.4 is 5.32 Å². The van der Waals surface area contributed by atoms with E-state index in [4.69, 9.17) is 24.1 Å². The molecular formula is C14H24N2O11S. The van der Waals surface area contributed by atoms with Gasteiger partial charge >= 0.3 is 17.4 Å². The quantitative estimate of drug-likeness (QED) is 0.153. The number of aliphatic carboxylic acids is 1. The highest BCUT2D eigenvalue weighted by atomic mass is 32.2. The Morgan fingerprint density at radius 2 is 1.64 bits per heavy atom. The molecule has 0 aromatic carbocycles. The fourth-order valence-corrected chi connectivity index (χ4v) is 2.14. The summed E-state index contributed by atoms with van der Waals surface area (Å²) in [5.41, 5.74) is 0. The summed E-state index contributed by atoms with van der Waals surface area (Å²) in [6.07, 6.45) is -0.174. The second-order valence-electron chi connectivity index (χ2n) is 4.86. The summed E-state index contributed by atoms with van der Waals surface area (Å²) in [4.78, 5) is 48.1. The van der Waals surface area contributed by atoms with Gasteiger partial charge in [0.15, 0.2) is 0 Å². The van der Waals surface area contributed by atoms with Gasteiger partial charge < -0.3 is 34.2 Å². The van der Waals surface area contributed by atoms with Crippen LogP contribution in [0.3, 0.4) is 0 Å². The molecule has 1 atom stereocenters. The van der Waals surface area contributed by atoms with Crippen LogP contribution >= 0.6 is 11.8 Å². The Balaban J connectivity index is 3.90. The number of hydrogen-bond donors (Lipinski definition) is 2. The molecule has 1 unspecified atom stereocenters. The van der Waals surface area contributed by atoms with Crippen LogP contribution in [0.5, 0.6) is 0 Å². The van der Waals surface area contributed by atoms with Crippen LogP contribution in [-0.4, -0.2) is 85.6 Å². The SMILES string of the molecule is CCCOCCOC(=O)SCC(NC(=O)OCCOCCO[N+](=O)[O-])C(=O)O. The first-order chi connectivity index (χ1) is 13.4. The molecule has 0 radical (unpaired) electrons. The van der Waals surface area contributed by atoms with Crippen molar-refractivity contribution in [2.24, 2.45) is 0 Å². The van der Waals surface area contributed by atoms with Gasteiger partial charge in [-0.3, -0.25) is 0 Å². The molecule has 0 aliphatic heterocycles. The first kappa shape index (κ1) is 25.7. The molecule has 162 valence electrons. The Kier molecular flexibility index (Phi) is 15.4. The molecule has 0 aromatic rings. The Hall–Kier alpha value is -2.32. The van der Waals surface area contributed by atoms with Gasteiger partial charge in [0.1, 0.15) is 25.9 Å². The van der Waals surface area contributed by atoms with Crippen molar-refractivity contribution in [3.63, 3.8) is 0 Å². The minimum Gasteiger partial charge on any atom is -0.480 e. The van der Waals surface area contributed by atoms with Gasteiger partial charge in [0.05, 0.1) is 19.8 Å². The molecule has 28 heavy (non-hydrogen) atoms. The minimum atomic E-state index is -1.36. The summed E-state index contributed by atoms with van der Waals surface area (Å²) in [5.74, 6) is -1.61. The zero-order valence-electron chi connectivity index (χ0n) is 15.3. The van der Waals surface area contributed by atoms with E-state index in [1.54, 1.807) is 0 Å². The molecule has 0 saturated carbocycles. The lowest BCUT2D eigenvalue weighted by atomic mass is 10.3. The third-order valence-electron chi connectivity index (χ3n) is 2.64. The first-order valence-corrected chi connectivity index (χ1v) is 9.23. The number of amides is 1. The number of ether oxygens (including phenoxy) is 4. The van der Waals surface area contributed by atoms with E-state index in [9.17, 15) is 24.5 Å². The van der Waals surface area contributed by atoms with E-state index in [-0.39, 0.29) is 45.4 Å². The average Bonchev–Trinajstić information content (AvgIpc) is 2.63. The van der Waals surface area contributed by atoms with Crippen molar-refractivity contribution in [2.45, 2.75) is 19.4 Å². The lowest BCUT2D eigenvalue weighted by Gasteiger charge is -2.14. The molecule has 0 fully saturated rings. The van der Waals surface area contributed by atoms with Crippen molar-refractivity contribution in [3.8, 4) is 0 Å². The summed E-state index contributed by atoms with van der Waals surface area (Å²) in [6, 6.07) is -1.36. The minimum absolute atomic E-state index is 0.0474. The van der Waals surface area contributed by atoms with Gasteiger partial charge in [-0.2, -0.15) is 0 Å². The second kappa shape index (κ2) is 16.8. The zero-order chi connectivity index (χ0) is 21.2. The number of alkyl carbamates (subject to hydrolysis) is 1. The van der Waals surface area contributed by atoms with E-state index in [0.29, 0.717) is 18.4 Å². The maximum absolute atomic E-state index is 11.5. The average molecular weight is 428 g/mol. The lowest BCUT2D eigenvalue weighted by Crippen LogP contribution is -2.43. The van der Waals surface area contributed by atoms with Gasteiger partial charge in [-0.15, -0.1) is 10.1 Å². The normalized spacial score (nSPS) is 11.3. The van der Waals surface area contributed by atoms with Crippen molar-refractivity contribution >= 4 is 29.1 Å². The van der Waals surface area contributed by atoms with Crippen LogP contribution in [0.25, 0.3) is 0 Å². The maximum Gasteiger partial charge on any atom is 0.407 e. The topological polar surface area (TPSA) is 173 Å². The van der Waals surface area contributed by atoms with Gasteiger partial charge in [-0.1, -0.05) is 6.92 Å². The van der Waals surface area contributed by atoms with Gasteiger partial charge in [0, 0.05) is 12.4 Å². The first-order valence-electron chi connectivity index (χ1n) is 8.25. The predicted octanol–water partition coefficient (Wildman–Crippen LogP) is 0.687. The number of carboxylic acid groups (broad SMARTS) is 1. The number of carboxylic acids is 1. The van der Waals surface area contributed by atoms with Crippen molar-refractivity contribution in [1.29, 1.82) is 0 Å².